The monoisotopic (exact) mass is 277 g/mol. The minimum atomic E-state index is 0.0328. The van der Waals surface area contributed by atoms with Crippen LogP contribution < -0.4 is 4.90 Å². The number of carbonyl (C=O) groups excluding carboxylic acids is 1. The molecule has 0 atom stereocenters. The fourth-order valence-electron chi connectivity index (χ4n) is 2.09. The summed E-state index contributed by atoms with van der Waals surface area (Å²) in [7, 11) is 0. The van der Waals surface area contributed by atoms with Crippen LogP contribution in [0, 0.1) is 0 Å². The van der Waals surface area contributed by atoms with Gasteiger partial charge in [-0.1, -0.05) is 44.9 Å². The van der Waals surface area contributed by atoms with Crippen LogP contribution in [0.1, 0.15) is 52.0 Å². The maximum atomic E-state index is 11.9. The van der Waals surface area contributed by atoms with Gasteiger partial charge in [0.1, 0.15) is 6.73 Å². The van der Waals surface area contributed by atoms with Crippen molar-refractivity contribution in [3.63, 3.8) is 0 Å². The summed E-state index contributed by atoms with van der Waals surface area (Å²) in [6, 6.07) is 8.13. The molecular weight excluding hydrogens is 250 g/mol. The molecule has 3 nitrogen and oxygen atoms in total. The van der Waals surface area contributed by atoms with E-state index < -0.39 is 0 Å². The molecule has 0 aromatic heterocycles. The molecule has 1 amide bonds. The lowest BCUT2D eigenvalue weighted by Crippen LogP contribution is -2.32. The number of carbonyl (C=O) groups is 1. The zero-order chi connectivity index (χ0) is 14.8. The van der Waals surface area contributed by atoms with Crippen LogP contribution in [0.4, 0.5) is 5.69 Å². The number of benzene rings is 1. The van der Waals surface area contributed by atoms with Crippen LogP contribution in [0.25, 0.3) is 0 Å². The first-order chi connectivity index (χ1) is 9.70. The van der Waals surface area contributed by atoms with E-state index in [0.717, 1.165) is 37.8 Å². The number of para-hydroxylation sites is 1. The molecule has 0 unspecified atom stereocenters. The largest absolute Gasteiger partial charge is 0.361 e. The summed E-state index contributed by atoms with van der Waals surface area (Å²) in [6.45, 7) is 6.96. The highest BCUT2D eigenvalue weighted by molar-refractivity contribution is 5.92. The molecule has 0 aliphatic heterocycles. The molecule has 1 aromatic rings. The predicted octanol–water partition coefficient (Wildman–Crippen LogP) is 4.16. The van der Waals surface area contributed by atoms with Gasteiger partial charge in [-0.05, 0) is 30.9 Å². The van der Waals surface area contributed by atoms with E-state index in [1.54, 1.807) is 11.8 Å². The van der Waals surface area contributed by atoms with Crippen LogP contribution in [-0.2, 0) is 16.0 Å². The Kier molecular flexibility index (Phi) is 7.97. The molecule has 0 radical (unpaired) electrons. The predicted molar refractivity (Wildman–Crippen MR) is 83.9 cm³/mol. The quantitative estimate of drug-likeness (QED) is 0.501. The summed E-state index contributed by atoms with van der Waals surface area (Å²) in [5.74, 6) is 0.0328. The molecule has 0 aliphatic rings. The van der Waals surface area contributed by atoms with Crippen molar-refractivity contribution in [3.8, 4) is 0 Å². The third-order valence-corrected chi connectivity index (χ3v) is 3.32. The summed E-state index contributed by atoms with van der Waals surface area (Å²) < 4.78 is 5.62. The van der Waals surface area contributed by atoms with Gasteiger partial charge in [0.25, 0.3) is 0 Å². The summed E-state index contributed by atoms with van der Waals surface area (Å²) >= 11 is 0. The highest BCUT2D eigenvalue weighted by Gasteiger charge is 2.14. The van der Waals surface area contributed by atoms with Crippen molar-refractivity contribution in [2.45, 2.75) is 52.9 Å². The Hall–Kier alpha value is -1.35. The number of ether oxygens (including phenoxy) is 1. The molecule has 0 saturated carbocycles. The van der Waals surface area contributed by atoms with Gasteiger partial charge in [-0.2, -0.15) is 0 Å². The Bertz CT molecular complexity index is 404. The Morgan fingerprint density at radius 3 is 2.50 bits per heavy atom. The number of aryl methyl sites for hydroxylation is 1. The number of anilines is 1. The number of rotatable bonds is 9. The standard InChI is InChI=1S/C17H27NO2/c1-4-6-10-16-11-8-9-12-17(16)18(15(3)19)14-20-13-7-5-2/h8-9,11-12H,4-7,10,13-14H2,1-3H3. The van der Waals surface area contributed by atoms with Gasteiger partial charge in [0.15, 0.2) is 0 Å². The first kappa shape index (κ1) is 16.7. The average molecular weight is 277 g/mol. The van der Waals surface area contributed by atoms with Crippen molar-refractivity contribution in [3.05, 3.63) is 29.8 Å². The van der Waals surface area contributed by atoms with Gasteiger partial charge < -0.3 is 4.74 Å². The Balaban J connectivity index is 2.77. The van der Waals surface area contributed by atoms with Gasteiger partial charge in [0, 0.05) is 19.2 Å². The molecular formula is C17H27NO2. The summed E-state index contributed by atoms with van der Waals surface area (Å²) in [6.07, 6.45) is 5.43. The second-order valence-corrected chi connectivity index (χ2v) is 5.07. The van der Waals surface area contributed by atoms with E-state index in [1.807, 2.05) is 18.2 Å². The van der Waals surface area contributed by atoms with Gasteiger partial charge in [-0.25, -0.2) is 0 Å². The lowest BCUT2D eigenvalue weighted by Gasteiger charge is -2.24. The minimum absolute atomic E-state index is 0.0328. The van der Waals surface area contributed by atoms with Crippen molar-refractivity contribution >= 4 is 11.6 Å². The second kappa shape index (κ2) is 9.54. The minimum Gasteiger partial charge on any atom is -0.361 e. The van der Waals surface area contributed by atoms with Gasteiger partial charge in [-0.15, -0.1) is 0 Å². The molecule has 112 valence electrons. The summed E-state index contributed by atoms with van der Waals surface area (Å²) in [5.41, 5.74) is 2.22. The molecule has 3 heteroatoms. The maximum Gasteiger partial charge on any atom is 0.225 e. The first-order valence-electron chi connectivity index (χ1n) is 7.64. The fraction of sp³-hybridized carbons (Fsp3) is 0.588. The number of hydrogen-bond acceptors (Lipinski definition) is 2. The SMILES string of the molecule is CCCCOCN(C(C)=O)c1ccccc1CCCC. The van der Waals surface area contributed by atoms with E-state index in [0.29, 0.717) is 13.3 Å². The van der Waals surface area contributed by atoms with E-state index in [9.17, 15) is 4.79 Å². The molecule has 0 heterocycles. The lowest BCUT2D eigenvalue weighted by atomic mass is 10.1. The van der Waals surface area contributed by atoms with Gasteiger partial charge in [0.05, 0.1) is 0 Å². The Morgan fingerprint density at radius 2 is 1.85 bits per heavy atom. The van der Waals surface area contributed by atoms with Crippen LogP contribution in [-0.4, -0.2) is 19.2 Å². The average Bonchev–Trinajstić information content (AvgIpc) is 2.45. The number of unbranched alkanes of at least 4 members (excludes halogenated alkanes) is 2. The van der Waals surface area contributed by atoms with E-state index >= 15 is 0 Å². The molecule has 0 spiro atoms. The summed E-state index contributed by atoms with van der Waals surface area (Å²) in [4.78, 5) is 13.6. The maximum absolute atomic E-state index is 11.9. The normalized spacial score (nSPS) is 10.6. The van der Waals surface area contributed by atoms with Crippen LogP contribution in [0.3, 0.4) is 0 Å². The van der Waals surface area contributed by atoms with Gasteiger partial charge >= 0.3 is 0 Å². The highest BCUT2D eigenvalue weighted by atomic mass is 16.5. The third kappa shape index (κ3) is 5.33. The highest BCUT2D eigenvalue weighted by Crippen LogP contribution is 2.22. The zero-order valence-corrected chi connectivity index (χ0v) is 13.0. The fourth-order valence-corrected chi connectivity index (χ4v) is 2.09. The van der Waals surface area contributed by atoms with Crippen molar-refractivity contribution in [2.75, 3.05) is 18.2 Å². The second-order valence-electron chi connectivity index (χ2n) is 5.07. The van der Waals surface area contributed by atoms with E-state index in [4.69, 9.17) is 4.74 Å². The summed E-state index contributed by atoms with van der Waals surface area (Å²) in [5, 5.41) is 0. The molecule has 1 rings (SSSR count). The van der Waals surface area contributed by atoms with Gasteiger partial charge in [0.2, 0.25) is 5.91 Å². The van der Waals surface area contributed by atoms with Gasteiger partial charge in [-0.3, -0.25) is 9.69 Å². The van der Waals surface area contributed by atoms with Crippen molar-refractivity contribution in [2.24, 2.45) is 0 Å². The van der Waals surface area contributed by atoms with E-state index in [2.05, 4.69) is 19.9 Å². The van der Waals surface area contributed by atoms with Crippen LogP contribution in [0.5, 0.6) is 0 Å². The molecule has 0 saturated heterocycles. The third-order valence-electron chi connectivity index (χ3n) is 3.32. The first-order valence-corrected chi connectivity index (χ1v) is 7.64. The number of hydrogen-bond donors (Lipinski definition) is 0. The Labute approximate surface area is 122 Å². The molecule has 0 aliphatic carbocycles. The molecule has 0 bridgehead atoms. The van der Waals surface area contributed by atoms with E-state index in [1.165, 1.54) is 5.56 Å². The molecule has 20 heavy (non-hydrogen) atoms. The molecule has 0 fully saturated rings. The van der Waals surface area contributed by atoms with Crippen LogP contribution in [0.15, 0.2) is 24.3 Å². The van der Waals surface area contributed by atoms with Crippen molar-refractivity contribution < 1.29 is 9.53 Å². The van der Waals surface area contributed by atoms with Crippen LogP contribution in [0.2, 0.25) is 0 Å². The zero-order valence-electron chi connectivity index (χ0n) is 13.0. The molecule has 1 aromatic carbocycles. The van der Waals surface area contributed by atoms with Crippen molar-refractivity contribution in [1.82, 2.24) is 0 Å². The van der Waals surface area contributed by atoms with Crippen molar-refractivity contribution in [1.29, 1.82) is 0 Å². The van der Waals surface area contributed by atoms with E-state index in [-0.39, 0.29) is 5.91 Å². The smallest absolute Gasteiger partial charge is 0.225 e. The lowest BCUT2D eigenvalue weighted by molar-refractivity contribution is -0.117. The number of nitrogens with zero attached hydrogens (tertiary/aromatic N) is 1. The Morgan fingerprint density at radius 1 is 1.15 bits per heavy atom. The topological polar surface area (TPSA) is 29.5 Å². The van der Waals surface area contributed by atoms with Crippen LogP contribution >= 0.6 is 0 Å². The molecule has 0 N–H and O–H groups in total. The number of amides is 1.